The number of benzene rings is 1. The average molecular weight is 299 g/mol. The van der Waals surface area contributed by atoms with Crippen LogP contribution in [0.1, 0.15) is 25.8 Å². The fourth-order valence-electron chi connectivity index (χ4n) is 1.77. The van der Waals surface area contributed by atoms with Gasteiger partial charge in [0.25, 0.3) is 0 Å². The molecule has 0 radical (unpaired) electrons. The minimum absolute atomic E-state index is 0.228. The third-order valence-electron chi connectivity index (χ3n) is 2.65. The summed E-state index contributed by atoms with van der Waals surface area (Å²) < 4.78 is 21.9. The molecule has 0 fully saturated rings. The molecule has 5 N–H and O–H groups in total. The first-order chi connectivity index (χ1) is 9.17. The Morgan fingerprint density at radius 2 is 1.80 bits per heavy atom. The highest BCUT2D eigenvalue weighted by Gasteiger charge is 2.15. The number of hydrogen-bond acceptors (Lipinski definition) is 4. The predicted molar refractivity (Wildman–Crippen MR) is 79.3 cm³/mol. The van der Waals surface area contributed by atoms with E-state index >= 15 is 0 Å². The summed E-state index contributed by atoms with van der Waals surface area (Å²) >= 11 is 0. The molecule has 1 aromatic carbocycles. The van der Waals surface area contributed by atoms with E-state index in [4.69, 9.17) is 10.9 Å². The number of hydrogen-bond donors (Lipinski definition) is 3. The molecule has 0 unspecified atom stereocenters. The van der Waals surface area contributed by atoms with Gasteiger partial charge in [0.1, 0.15) is 0 Å². The second-order valence-corrected chi connectivity index (χ2v) is 6.84. The fraction of sp³-hybridized carbons (Fsp3) is 0.462. The summed E-state index contributed by atoms with van der Waals surface area (Å²) in [6.07, 6.45) is 0.606. The number of carbonyl (C=O) groups excluding carboxylic acids is 1. The van der Waals surface area contributed by atoms with E-state index < -0.39 is 16.1 Å². The summed E-state index contributed by atoms with van der Waals surface area (Å²) in [5.41, 5.74) is 6.91. The summed E-state index contributed by atoms with van der Waals surface area (Å²) in [6.45, 7) is 3.99. The Morgan fingerprint density at radius 3 is 2.25 bits per heavy atom. The van der Waals surface area contributed by atoms with Gasteiger partial charge >= 0.3 is 0 Å². The number of primary sulfonamides is 1. The average Bonchev–Trinajstić information content (AvgIpc) is 2.28. The molecule has 0 saturated carbocycles. The van der Waals surface area contributed by atoms with Gasteiger partial charge in [0.15, 0.2) is 0 Å². The largest absolute Gasteiger partial charge is 0.325 e. The lowest BCUT2D eigenvalue weighted by molar-refractivity contribution is -0.117. The smallest absolute Gasteiger partial charge is 0.241 e. The zero-order valence-electron chi connectivity index (χ0n) is 11.7. The molecule has 0 spiro atoms. The summed E-state index contributed by atoms with van der Waals surface area (Å²) in [7, 11) is -3.55. The molecular weight excluding hydrogens is 278 g/mol. The minimum Gasteiger partial charge on any atom is -0.325 e. The summed E-state index contributed by atoms with van der Waals surface area (Å²) in [5.74, 6) is -0.139. The van der Waals surface area contributed by atoms with Gasteiger partial charge in [-0.15, -0.1) is 0 Å². The monoisotopic (exact) mass is 299 g/mol. The molecule has 0 aliphatic heterocycles. The van der Waals surface area contributed by atoms with Gasteiger partial charge in [-0.3, -0.25) is 4.79 Å². The van der Waals surface area contributed by atoms with Crippen LogP contribution in [0.4, 0.5) is 5.69 Å². The molecule has 112 valence electrons. The zero-order chi connectivity index (χ0) is 15.3. The van der Waals surface area contributed by atoms with Crippen LogP contribution in [0.15, 0.2) is 24.3 Å². The molecule has 20 heavy (non-hydrogen) atoms. The molecular formula is C13H21N3O3S. The van der Waals surface area contributed by atoms with Gasteiger partial charge in [-0.25, -0.2) is 13.6 Å². The molecule has 0 aliphatic carbocycles. The van der Waals surface area contributed by atoms with E-state index in [9.17, 15) is 13.2 Å². The van der Waals surface area contributed by atoms with Gasteiger partial charge in [0.05, 0.1) is 11.8 Å². The molecule has 1 aromatic rings. The van der Waals surface area contributed by atoms with E-state index in [1.54, 1.807) is 24.3 Å². The highest BCUT2D eigenvalue weighted by molar-refractivity contribution is 7.88. The van der Waals surface area contributed by atoms with E-state index in [2.05, 4.69) is 5.32 Å². The van der Waals surface area contributed by atoms with Crippen LogP contribution in [0.25, 0.3) is 0 Å². The number of nitrogens with one attached hydrogen (secondary N) is 1. The van der Waals surface area contributed by atoms with E-state index in [0.29, 0.717) is 23.6 Å². The Morgan fingerprint density at radius 1 is 1.25 bits per heavy atom. The Kier molecular flexibility index (Phi) is 5.67. The van der Waals surface area contributed by atoms with Gasteiger partial charge < -0.3 is 11.1 Å². The Balaban J connectivity index is 2.63. The maximum atomic E-state index is 11.8. The first-order valence-corrected chi connectivity index (χ1v) is 8.05. The van der Waals surface area contributed by atoms with Gasteiger partial charge in [0, 0.05) is 5.69 Å². The topological polar surface area (TPSA) is 115 Å². The molecule has 1 amide bonds. The van der Waals surface area contributed by atoms with Crippen molar-refractivity contribution in [2.75, 3.05) is 5.32 Å². The first-order valence-electron chi connectivity index (χ1n) is 6.33. The van der Waals surface area contributed by atoms with Crippen molar-refractivity contribution in [2.45, 2.75) is 32.1 Å². The van der Waals surface area contributed by atoms with Gasteiger partial charge in [-0.05, 0) is 30.0 Å². The number of anilines is 1. The van der Waals surface area contributed by atoms with E-state index in [1.807, 2.05) is 13.8 Å². The highest BCUT2D eigenvalue weighted by atomic mass is 32.2. The number of carbonyl (C=O) groups is 1. The van der Waals surface area contributed by atoms with Crippen molar-refractivity contribution in [1.29, 1.82) is 0 Å². The number of sulfonamides is 1. The summed E-state index contributed by atoms with van der Waals surface area (Å²) in [4.78, 5) is 11.8. The van der Waals surface area contributed by atoms with Crippen LogP contribution < -0.4 is 16.2 Å². The lowest BCUT2D eigenvalue weighted by Gasteiger charge is -2.14. The van der Waals surface area contributed by atoms with Gasteiger partial charge in [-0.1, -0.05) is 26.0 Å². The highest BCUT2D eigenvalue weighted by Crippen LogP contribution is 2.12. The molecule has 6 nitrogen and oxygen atoms in total. The van der Waals surface area contributed by atoms with Crippen LogP contribution in [-0.4, -0.2) is 20.4 Å². The second kappa shape index (κ2) is 6.83. The molecule has 0 heterocycles. The SMILES string of the molecule is CC(C)C[C@H](N)C(=O)Nc1ccc(CS(N)(=O)=O)cc1. The van der Waals surface area contributed by atoms with E-state index in [-0.39, 0.29) is 11.7 Å². The predicted octanol–water partition coefficient (Wildman–Crippen LogP) is 0.787. The van der Waals surface area contributed by atoms with Crippen LogP contribution in [0, 0.1) is 5.92 Å². The third kappa shape index (κ3) is 6.14. The van der Waals surface area contributed by atoms with Crippen LogP contribution in [0.3, 0.4) is 0 Å². The second-order valence-electron chi connectivity index (χ2n) is 5.23. The Labute approximate surface area is 119 Å². The molecule has 7 heteroatoms. The van der Waals surface area contributed by atoms with Gasteiger partial charge in [-0.2, -0.15) is 0 Å². The molecule has 1 rings (SSSR count). The standard InChI is InChI=1S/C13H21N3O3S/c1-9(2)7-12(14)13(17)16-11-5-3-10(4-6-11)8-20(15,18)19/h3-6,9,12H,7-8,14H2,1-2H3,(H,16,17)(H2,15,18,19)/t12-/m0/s1. The minimum atomic E-state index is -3.55. The summed E-state index contributed by atoms with van der Waals surface area (Å²) in [5, 5.41) is 7.65. The van der Waals surface area contributed by atoms with Crippen molar-refractivity contribution in [3.05, 3.63) is 29.8 Å². The zero-order valence-corrected chi connectivity index (χ0v) is 12.5. The van der Waals surface area contributed by atoms with Crippen molar-refractivity contribution in [2.24, 2.45) is 16.8 Å². The molecule has 0 aliphatic rings. The first kappa shape index (κ1) is 16.6. The number of amides is 1. The van der Waals surface area contributed by atoms with Crippen molar-refractivity contribution in [1.82, 2.24) is 0 Å². The molecule has 0 saturated heterocycles. The van der Waals surface area contributed by atoms with Crippen molar-refractivity contribution in [3.63, 3.8) is 0 Å². The van der Waals surface area contributed by atoms with Crippen molar-refractivity contribution < 1.29 is 13.2 Å². The maximum Gasteiger partial charge on any atom is 0.241 e. The van der Waals surface area contributed by atoms with Crippen LogP contribution >= 0.6 is 0 Å². The molecule has 0 aromatic heterocycles. The Hall–Kier alpha value is -1.44. The third-order valence-corrected chi connectivity index (χ3v) is 3.39. The lowest BCUT2D eigenvalue weighted by Crippen LogP contribution is -2.36. The number of nitrogens with two attached hydrogens (primary N) is 2. The van der Waals surface area contributed by atoms with Crippen LogP contribution in [0.5, 0.6) is 0 Å². The van der Waals surface area contributed by atoms with E-state index in [0.717, 1.165) is 0 Å². The van der Waals surface area contributed by atoms with Crippen molar-refractivity contribution >= 4 is 21.6 Å². The van der Waals surface area contributed by atoms with E-state index in [1.165, 1.54) is 0 Å². The molecule has 1 atom stereocenters. The van der Waals surface area contributed by atoms with Gasteiger partial charge in [0.2, 0.25) is 15.9 Å². The Bertz CT molecular complexity index is 553. The maximum absolute atomic E-state index is 11.8. The lowest BCUT2D eigenvalue weighted by atomic mass is 10.0. The van der Waals surface area contributed by atoms with Crippen LogP contribution in [0.2, 0.25) is 0 Å². The van der Waals surface area contributed by atoms with Crippen LogP contribution in [-0.2, 0) is 20.6 Å². The normalized spacial score (nSPS) is 13.2. The summed E-state index contributed by atoms with van der Waals surface area (Å²) in [6, 6.07) is 5.90. The van der Waals surface area contributed by atoms with Crippen molar-refractivity contribution in [3.8, 4) is 0 Å². The number of rotatable bonds is 6. The quantitative estimate of drug-likeness (QED) is 0.720. The fourth-order valence-corrected chi connectivity index (χ4v) is 2.42. The molecule has 0 bridgehead atoms.